The fraction of sp³-hybridized carbons (Fsp3) is 0.643. The maximum absolute atomic E-state index is 10.8. The molecule has 4 atom stereocenters. The second-order valence-corrected chi connectivity index (χ2v) is 11.4. The number of hydrogen-bond donors (Lipinski definition) is 2. The van der Waals surface area contributed by atoms with E-state index in [1.54, 1.807) is 7.11 Å². The third kappa shape index (κ3) is 3.50. The van der Waals surface area contributed by atoms with Crippen LogP contribution in [0.15, 0.2) is 35.6 Å². The summed E-state index contributed by atoms with van der Waals surface area (Å²) in [6, 6.07) is 3.73. The van der Waals surface area contributed by atoms with E-state index >= 15 is 0 Å². The third-order valence-electron chi connectivity index (χ3n) is 8.95. The topological polar surface area (TPSA) is 68.2 Å². The molecular weight excluding hydrogens is 416 g/mol. The van der Waals surface area contributed by atoms with Gasteiger partial charge in [-0.05, 0) is 56.9 Å². The van der Waals surface area contributed by atoms with E-state index in [-0.39, 0.29) is 10.8 Å². The molecule has 1 saturated heterocycles. The summed E-state index contributed by atoms with van der Waals surface area (Å²) in [4.78, 5) is 0. The van der Waals surface area contributed by atoms with Crippen molar-refractivity contribution in [1.82, 2.24) is 0 Å². The first kappa shape index (κ1) is 24.2. The number of aryl methyl sites for hydroxylation is 1. The molecule has 1 aliphatic carbocycles. The number of hydrogen-bond acceptors (Lipinski definition) is 5. The Morgan fingerprint density at radius 3 is 2.58 bits per heavy atom. The molecule has 2 fully saturated rings. The predicted octanol–water partition coefficient (Wildman–Crippen LogP) is 5.81. The van der Waals surface area contributed by atoms with Crippen LogP contribution in [0.25, 0.3) is 0 Å². The molecule has 0 unspecified atom stereocenters. The first-order valence-electron chi connectivity index (χ1n) is 12.1. The van der Waals surface area contributed by atoms with Gasteiger partial charge in [-0.25, -0.2) is 0 Å². The van der Waals surface area contributed by atoms with Gasteiger partial charge in [0.05, 0.1) is 25.2 Å². The number of rotatable bonds is 5. The molecule has 0 amide bonds. The van der Waals surface area contributed by atoms with E-state index in [0.717, 1.165) is 47.5 Å². The number of phenols is 1. The van der Waals surface area contributed by atoms with Crippen LogP contribution in [0.5, 0.6) is 11.5 Å². The Labute approximate surface area is 198 Å². The van der Waals surface area contributed by atoms with Gasteiger partial charge in [0.15, 0.2) is 0 Å². The summed E-state index contributed by atoms with van der Waals surface area (Å²) in [5.41, 5.74) is 2.05. The minimum absolute atomic E-state index is 0.0512. The molecule has 1 saturated carbocycles. The zero-order valence-electron chi connectivity index (χ0n) is 21.2. The van der Waals surface area contributed by atoms with Crippen molar-refractivity contribution in [3.63, 3.8) is 0 Å². The lowest BCUT2D eigenvalue weighted by Crippen LogP contribution is -2.63. The molecule has 2 heterocycles. The molecule has 1 aromatic carbocycles. The number of phenolic OH excluding ortho intramolecular Hbond substituents is 1. The Morgan fingerprint density at radius 2 is 1.94 bits per heavy atom. The maximum atomic E-state index is 10.8. The molecule has 3 aliphatic rings. The summed E-state index contributed by atoms with van der Waals surface area (Å²) in [5, 5.41) is 21.3. The van der Waals surface area contributed by atoms with Crippen LogP contribution in [-0.4, -0.2) is 35.8 Å². The molecule has 182 valence electrons. The smallest absolute Gasteiger partial charge is 0.224 e. The van der Waals surface area contributed by atoms with Crippen LogP contribution in [0.3, 0.4) is 0 Å². The highest BCUT2D eigenvalue weighted by Gasteiger charge is 2.73. The van der Waals surface area contributed by atoms with Crippen LogP contribution in [0.1, 0.15) is 71.4 Å². The minimum atomic E-state index is -0.850. The molecule has 1 spiro atoms. The van der Waals surface area contributed by atoms with Gasteiger partial charge in [0.2, 0.25) is 5.79 Å². The Hall–Kier alpha value is -1.98. The van der Waals surface area contributed by atoms with Crippen LogP contribution in [0, 0.1) is 23.2 Å². The van der Waals surface area contributed by atoms with E-state index in [2.05, 4.69) is 46.8 Å². The van der Waals surface area contributed by atoms with E-state index in [1.165, 1.54) is 0 Å². The van der Waals surface area contributed by atoms with Gasteiger partial charge in [0.25, 0.3) is 0 Å². The summed E-state index contributed by atoms with van der Waals surface area (Å²) >= 11 is 0. The zero-order chi connectivity index (χ0) is 24.2. The van der Waals surface area contributed by atoms with Crippen molar-refractivity contribution in [3.8, 4) is 11.5 Å². The van der Waals surface area contributed by atoms with Gasteiger partial charge in [-0.1, -0.05) is 45.8 Å². The highest BCUT2D eigenvalue weighted by molar-refractivity contribution is 5.46. The second-order valence-electron chi connectivity index (χ2n) is 11.4. The summed E-state index contributed by atoms with van der Waals surface area (Å²) in [6.45, 7) is 13.0. The number of ether oxygens (including phenoxy) is 3. The Balaban J connectivity index is 1.62. The number of aliphatic hydroxyl groups excluding tert-OH is 1. The molecule has 0 radical (unpaired) electrons. The van der Waals surface area contributed by atoms with Crippen molar-refractivity contribution in [3.05, 3.63) is 46.7 Å². The zero-order valence-corrected chi connectivity index (χ0v) is 21.2. The van der Waals surface area contributed by atoms with Gasteiger partial charge < -0.3 is 24.4 Å². The predicted molar refractivity (Wildman–Crippen MR) is 129 cm³/mol. The largest absolute Gasteiger partial charge is 0.507 e. The highest BCUT2D eigenvalue weighted by Crippen LogP contribution is 2.69. The lowest BCUT2D eigenvalue weighted by atomic mass is 9.55. The Kier molecular flexibility index (Phi) is 5.90. The SMILES string of the molecule is COc1cc(C)c(O)c(C/C=C(\C)CC2=C[C@]3(C)CCC[C@]3(C)[C@@]3(OC[C@@H](O)C3(C)C)O2)c1. The lowest BCUT2D eigenvalue weighted by Gasteiger charge is -2.59. The summed E-state index contributed by atoms with van der Waals surface area (Å²) in [5.74, 6) is 1.13. The van der Waals surface area contributed by atoms with Crippen molar-refractivity contribution < 1.29 is 24.4 Å². The summed E-state index contributed by atoms with van der Waals surface area (Å²) in [6.07, 6.45) is 8.43. The molecule has 2 N–H and O–H groups in total. The molecular formula is C28H40O5. The fourth-order valence-corrected chi connectivity index (χ4v) is 6.47. The van der Waals surface area contributed by atoms with Crippen molar-refractivity contribution in [2.45, 2.75) is 85.5 Å². The van der Waals surface area contributed by atoms with Crippen LogP contribution in [0.4, 0.5) is 0 Å². The van der Waals surface area contributed by atoms with Crippen LogP contribution >= 0.6 is 0 Å². The molecule has 5 nitrogen and oxygen atoms in total. The van der Waals surface area contributed by atoms with Gasteiger partial charge >= 0.3 is 0 Å². The lowest BCUT2D eigenvalue weighted by molar-refractivity contribution is -0.324. The van der Waals surface area contributed by atoms with E-state index in [1.807, 2.05) is 19.1 Å². The molecule has 5 heteroatoms. The van der Waals surface area contributed by atoms with E-state index in [4.69, 9.17) is 14.2 Å². The van der Waals surface area contributed by atoms with Crippen LogP contribution < -0.4 is 4.74 Å². The standard InChI is InChI=1S/C28H40O5/c1-18(9-10-20-15-21(31-7)14-19(2)24(20)30)13-22-16-26(5)11-8-12-27(26,6)28(33-22)25(3,4)23(29)17-32-28/h9,14-16,23,29-30H,8,10-13,17H2,1-7H3/b18-9+/t23-,26+,27+,28+/m1/s1. The van der Waals surface area contributed by atoms with Gasteiger partial charge in [0, 0.05) is 22.8 Å². The molecule has 0 aromatic heterocycles. The average Bonchev–Trinajstić information content (AvgIpc) is 3.18. The van der Waals surface area contributed by atoms with Crippen LogP contribution in [-0.2, 0) is 15.9 Å². The second kappa shape index (κ2) is 8.06. The van der Waals surface area contributed by atoms with E-state index in [9.17, 15) is 10.2 Å². The first-order chi connectivity index (χ1) is 15.4. The highest BCUT2D eigenvalue weighted by atomic mass is 16.7. The van der Waals surface area contributed by atoms with Crippen molar-refractivity contribution in [1.29, 1.82) is 0 Å². The van der Waals surface area contributed by atoms with Gasteiger partial charge in [-0.15, -0.1) is 0 Å². The van der Waals surface area contributed by atoms with Gasteiger partial charge in [0.1, 0.15) is 17.3 Å². The molecule has 1 aromatic rings. The molecule has 33 heavy (non-hydrogen) atoms. The fourth-order valence-electron chi connectivity index (χ4n) is 6.47. The average molecular weight is 457 g/mol. The monoisotopic (exact) mass is 456 g/mol. The van der Waals surface area contributed by atoms with Crippen molar-refractivity contribution in [2.75, 3.05) is 13.7 Å². The minimum Gasteiger partial charge on any atom is -0.507 e. The van der Waals surface area contributed by atoms with Crippen molar-refractivity contribution in [2.24, 2.45) is 16.2 Å². The Bertz CT molecular complexity index is 992. The van der Waals surface area contributed by atoms with Crippen molar-refractivity contribution >= 4 is 0 Å². The molecule has 0 bridgehead atoms. The molecule has 2 aliphatic heterocycles. The van der Waals surface area contributed by atoms with Crippen LogP contribution in [0.2, 0.25) is 0 Å². The number of allylic oxidation sites excluding steroid dienone is 3. The van der Waals surface area contributed by atoms with Gasteiger partial charge in [-0.2, -0.15) is 0 Å². The third-order valence-corrected chi connectivity index (χ3v) is 8.95. The molecule has 4 rings (SSSR count). The quantitative estimate of drug-likeness (QED) is 0.547. The first-order valence-corrected chi connectivity index (χ1v) is 12.1. The Morgan fingerprint density at radius 1 is 1.21 bits per heavy atom. The number of benzene rings is 1. The normalized spacial score (nSPS) is 35.3. The summed E-state index contributed by atoms with van der Waals surface area (Å²) < 4.78 is 18.5. The summed E-state index contributed by atoms with van der Waals surface area (Å²) in [7, 11) is 1.64. The van der Waals surface area contributed by atoms with E-state index in [0.29, 0.717) is 25.2 Å². The number of methoxy groups -OCH3 is 1. The maximum Gasteiger partial charge on any atom is 0.224 e. The van der Waals surface area contributed by atoms with Gasteiger partial charge in [-0.3, -0.25) is 0 Å². The number of aliphatic hydroxyl groups is 1. The van der Waals surface area contributed by atoms with E-state index < -0.39 is 17.3 Å². The number of fused-ring (bicyclic) bond motifs is 2. The number of aromatic hydroxyl groups is 1.